The minimum absolute atomic E-state index is 0.0594. The number of piperidine rings is 1. The third kappa shape index (κ3) is 3.53. The molecule has 0 saturated carbocycles. The van der Waals surface area contributed by atoms with Gasteiger partial charge in [-0.1, -0.05) is 6.92 Å². The number of hydrogen-bond acceptors (Lipinski definition) is 4. The molecule has 0 aromatic heterocycles. The number of fused-ring (bicyclic) bond motifs is 1. The zero-order chi connectivity index (χ0) is 15.5. The van der Waals surface area contributed by atoms with Crippen molar-refractivity contribution in [3.8, 4) is 11.5 Å². The van der Waals surface area contributed by atoms with Crippen LogP contribution in [0, 0.1) is 5.92 Å². The lowest BCUT2D eigenvalue weighted by molar-refractivity contribution is 0.0919. The van der Waals surface area contributed by atoms with E-state index in [1.165, 1.54) is 12.8 Å². The predicted molar refractivity (Wildman–Crippen MR) is 84.3 cm³/mol. The Kier molecular flexibility index (Phi) is 4.52. The van der Waals surface area contributed by atoms with Crippen LogP contribution < -0.4 is 14.8 Å². The highest BCUT2D eigenvalue weighted by Crippen LogP contribution is 2.32. The van der Waals surface area contributed by atoms with Crippen LogP contribution in [0.2, 0.25) is 0 Å². The second kappa shape index (κ2) is 6.57. The highest BCUT2D eigenvalue weighted by molar-refractivity contribution is 5.95. The van der Waals surface area contributed by atoms with Gasteiger partial charge in [0.25, 0.3) is 5.91 Å². The van der Waals surface area contributed by atoms with Crippen molar-refractivity contribution >= 4 is 5.91 Å². The molecule has 5 heteroatoms. The van der Waals surface area contributed by atoms with Crippen molar-refractivity contribution in [1.82, 2.24) is 10.2 Å². The fourth-order valence-electron chi connectivity index (χ4n) is 3.23. The topological polar surface area (TPSA) is 50.8 Å². The van der Waals surface area contributed by atoms with Gasteiger partial charge in [-0.15, -0.1) is 0 Å². The second-order valence-corrected chi connectivity index (χ2v) is 6.45. The summed E-state index contributed by atoms with van der Waals surface area (Å²) in [6.45, 7) is 7.75. The lowest BCUT2D eigenvalue weighted by atomic mass is 10.00. The third-order valence-corrected chi connectivity index (χ3v) is 4.29. The molecule has 1 saturated heterocycles. The van der Waals surface area contributed by atoms with E-state index < -0.39 is 0 Å². The van der Waals surface area contributed by atoms with E-state index in [0.717, 1.165) is 25.6 Å². The maximum absolute atomic E-state index is 12.3. The van der Waals surface area contributed by atoms with Crippen molar-refractivity contribution < 1.29 is 14.3 Å². The minimum Gasteiger partial charge on any atom is -0.454 e. The lowest BCUT2D eigenvalue weighted by Crippen LogP contribution is -2.45. The van der Waals surface area contributed by atoms with Crippen molar-refractivity contribution in [3.63, 3.8) is 0 Å². The molecule has 0 radical (unpaired) electrons. The Morgan fingerprint density at radius 2 is 2.23 bits per heavy atom. The molecular formula is C17H24N2O3. The standard InChI is InChI=1S/C17H24N2O3/c1-12-4-3-7-19(9-12)10-13(2)18-17(20)14-5-6-15-16(8-14)22-11-21-15/h5-6,8,12-13H,3-4,7,9-11H2,1-2H3,(H,18,20)/t12-,13+/m1/s1. The zero-order valence-corrected chi connectivity index (χ0v) is 13.3. The van der Waals surface area contributed by atoms with Gasteiger partial charge in [-0.3, -0.25) is 4.79 Å². The van der Waals surface area contributed by atoms with Gasteiger partial charge in [-0.2, -0.15) is 0 Å². The number of nitrogens with zero attached hydrogens (tertiary/aromatic N) is 1. The summed E-state index contributed by atoms with van der Waals surface area (Å²) in [4.78, 5) is 14.8. The quantitative estimate of drug-likeness (QED) is 0.927. The Morgan fingerprint density at radius 1 is 1.41 bits per heavy atom. The van der Waals surface area contributed by atoms with E-state index in [9.17, 15) is 4.79 Å². The van der Waals surface area contributed by atoms with Crippen molar-refractivity contribution in [2.45, 2.75) is 32.7 Å². The van der Waals surface area contributed by atoms with Gasteiger partial charge in [0.05, 0.1) is 0 Å². The van der Waals surface area contributed by atoms with E-state index in [2.05, 4.69) is 24.1 Å². The van der Waals surface area contributed by atoms with Crippen molar-refractivity contribution in [2.75, 3.05) is 26.4 Å². The van der Waals surface area contributed by atoms with Gasteiger partial charge in [-0.05, 0) is 50.4 Å². The molecule has 1 aromatic rings. The van der Waals surface area contributed by atoms with E-state index >= 15 is 0 Å². The minimum atomic E-state index is -0.0594. The summed E-state index contributed by atoms with van der Waals surface area (Å²) in [7, 11) is 0. The molecule has 2 atom stereocenters. The zero-order valence-electron chi connectivity index (χ0n) is 13.3. The van der Waals surface area contributed by atoms with Gasteiger partial charge in [0.2, 0.25) is 6.79 Å². The Balaban J connectivity index is 1.54. The summed E-state index contributed by atoms with van der Waals surface area (Å²) in [5, 5.41) is 3.07. The number of nitrogens with one attached hydrogen (secondary N) is 1. The van der Waals surface area contributed by atoms with Gasteiger partial charge in [0, 0.05) is 24.7 Å². The SMILES string of the molecule is C[C@@H]1CCCN(C[C@H](C)NC(=O)c2ccc3c(c2)OCO3)C1. The van der Waals surface area contributed by atoms with E-state index in [4.69, 9.17) is 9.47 Å². The summed E-state index contributed by atoms with van der Waals surface area (Å²) in [6, 6.07) is 5.43. The Bertz CT molecular complexity index is 547. The lowest BCUT2D eigenvalue weighted by Gasteiger charge is -2.32. The van der Waals surface area contributed by atoms with Crippen LogP contribution in [-0.2, 0) is 0 Å². The molecule has 1 fully saturated rings. The molecule has 1 aromatic carbocycles. The Hall–Kier alpha value is -1.75. The normalized spacial score (nSPS) is 22.4. The molecule has 0 bridgehead atoms. The number of ether oxygens (including phenoxy) is 2. The Labute approximate surface area is 131 Å². The van der Waals surface area contributed by atoms with E-state index in [-0.39, 0.29) is 18.7 Å². The largest absolute Gasteiger partial charge is 0.454 e. The summed E-state index contributed by atoms with van der Waals surface area (Å²) in [6.07, 6.45) is 2.57. The smallest absolute Gasteiger partial charge is 0.251 e. The number of carbonyl (C=O) groups excluding carboxylic acids is 1. The van der Waals surface area contributed by atoms with E-state index in [0.29, 0.717) is 17.1 Å². The number of likely N-dealkylation sites (tertiary alicyclic amines) is 1. The van der Waals surface area contributed by atoms with E-state index in [1.807, 2.05) is 0 Å². The maximum Gasteiger partial charge on any atom is 0.251 e. The van der Waals surface area contributed by atoms with Gasteiger partial charge in [-0.25, -0.2) is 0 Å². The molecule has 0 aliphatic carbocycles. The molecule has 0 spiro atoms. The summed E-state index contributed by atoms with van der Waals surface area (Å²) >= 11 is 0. The first kappa shape index (κ1) is 15.2. The second-order valence-electron chi connectivity index (χ2n) is 6.45. The average molecular weight is 304 g/mol. The predicted octanol–water partition coefficient (Wildman–Crippen LogP) is 2.27. The van der Waals surface area contributed by atoms with Crippen molar-refractivity contribution in [3.05, 3.63) is 23.8 Å². The molecule has 0 unspecified atom stereocenters. The highest BCUT2D eigenvalue weighted by Gasteiger charge is 2.20. The van der Waals surface area contributed by atoms with Crippen LogP contribution in [0.25, 0.3) is 0 Å². The molecule has 3 rings (SSSR count). The fourth-order valence-corrected chi connectivity index (χ4v) is 3.23. The number of amides is 1. The molecule has 2 aliphatic heterocycles. The molecule has 22 heavy (non-hydrogen) atoms. The number of rotatable bonds is 4. The summed E-state index contributed by atoms with van der Waals surface area (Å²) < 4.78 is 10.6. The fraction of sp³-hybridized carbons (Fsp3) is 0.588. The first-order chi connectivity index (χ1) is 10.6. The van der Waals surface area contributed by atoms with Crippen LogP contribution in [0.4, 0.5) is 0 Å². The van der Waals surface area contributed by atoms with Crippen LogP contribution in [0.1, 0.15) is 37.0 Å². The van der Waals surface area contributed by atoms with Gasteiger partial charge >= 0.3 is 0 Å². The molecule has 120 valence electrons. The first-order valence-electron chi connectivity index (χ1n) is 8.04. The van der Waals surface area contributed by atoms with Gasteiger partial charge < -0.3 is 19.7 Å². The van der Waals surface area contributed by atoms with Crippen LogP contribution in [0.3, 0.4) is 0 Å². The molecule has 1 N–H and O–H groups in total. The van der Waals surface area contributed by atoms with Crippen molar-refractivity contribution in [2.24, 2.45) is 5.92 Å². The first-order valence-corrected chi connectivity index (χ1v) is 8.04. The maximum atomic E-state index is 12.3. The number of hydrogen-bond donors (Lipinski definition) is 1. The van der Waals surface area contributed by atoms with Gasteiger partial charge in [0.1, 0.15) is 0 Å². The number of benzene rings is 1. The van der Waals surface area contributed by atoms with Gasteiger partial charge in [0.15, 0.2) is 11.5 Å². The summed E-state index contributed by atoms with van der Waals surface area (Å²) in [5.41, 5.74) is 0.614. The van der Waals surface area contributed by atoms with E-state index in [1.54, 1.807) is 18.2 Å². The van der Waals surface area contributed by atoms with Crippen LogP contribution in [0.15, 0.2) is 18.2 Å². The molecule has 5 nitrogen and oxygen atoms in total. The average Bonchev–Trinajstić information content (AvgIpc) is 2.94. The monoisotopic (exact) mass is 304 g/mol. The van der Waals surface area contributed by atoms with Crippen LogP contribution in [0.5, 0.6) is 11.5 Å². The highest BCUT2D eigenvalue weighted by atomic mass is 16.7. The van der Waals surface area contributed by atoms with Crippen LogP contribution >= 0.6 is 0 Å². The summed E-state index contributed by atoms with van der Waals surface area (Å²) in [5.74, 6) is 2.04. The van der Waals surface area contributed by atoms with Crippen LogP contribution in [-0.4, -0.2) is 43.3 Å². The molecule has 2 heterocycles. The number of carbonyl (C=O) groups is 1. The Morgan fingerprint density at radius 3 is 3.05 bits per heavy atom. The molecule has 1 amide bonds. The van der Waals surface area contributed by atoms with Crippen molar-refractivity contribution in [1.29, 1.82) is 0 Å². The molecular weight excluding hydrogens is 280 g/mol. The molecule has 2 aliphatic rings. The third-order valence-electron chi connectivity index (χ3n) is 4.29.